The van der Waals surface area contributed by atoms with Crippen LogP contribution in [0.1, 0.15) is 24.6 Å². The lowest BCUT2D eigenvalue weighted by Gasteiger charge is -2.17. The maximum atomic E-state index is 4.34. The molecular weight excluding hydrogens is 212 g/mol. The van der Waals surface area contributed by atoms with Gasteiger partial charge in [-0.3, -0.25) is 4.90 Å². The number of fused-ring (bicyclic) bond motifs is 1. The number of hydrogen-bond donors (Lipinski definition) is 2. The van der Waals surface area contributed by atoms with E-state index in [1.165, 1.54) is 36.0 Å². The van der Waals surface area contributed by atoms with Crippen molar-refractivity contribution in [2.75, 3.05) is 26.0 Å². The molecule has 0 aromatic carbocycles. The van der Waals surface area contributed by atoms with Gasteiger partial charge in [0.25, 0.3) is 0 Å². The third-order valence-electron chi connectivity index (χ3n) is 3.66. The van der Waals surface area contributed by atoms with Crippen molar-refractivity contribution >= 4 is 16.7 Å². The molecule has 17 heavy (non-hydrogen) atoms. The van der Waals surface area contributed by atoms with E-state index in [0.717, 1.165) is 5.82 Å². The first-order valence-electron chi connectivity index (χ1n) is 6.14. The summed E-state index contributed by atoms with van der Waals surface area (Å²) in [6.45, 7) is 1.19. The first-order chi connectivity index (χ1) is 8.28. The van der Waals surface area contributed by atoms with Crippen molar-refractivity contribution in [1.82, 2.24) is 14.9 Å². The van der Waals surface area contributed by atoms with Crippen LogP contribution in [0.5, 0.6) is 0 Å². The van der Waals surface area contributed by atoms with Crippen LogP contribution in [0.4, 0.5) is 5.82 Å². The van der Waals surface area contributed by atoms with Crippen LogP contribution in [0.15, 0.2) is 18.3 Å². The van der Waals surface area contributed by atoms with Crippen LogP contribution in [0.3, 0.4) is 0 Å². The standard InChI is InChI=1S/C13H18N4/c1-14-13-7-10-9(8-15-13)6-11(16-10)12-4-3-5-17(12)2/h6-8,12,16H,3-5H2,1-2H3,(H,14,15). The summed E-state index contributed by atoms with van der Waals surface area (Å²) in [5.41, 5.74) is 2.48. The minimum Gasteiger partial charge on any atom is -0.373 e. The number of H-pyrrole nitrogens is 1. The molecule has 0 radical (unpaired) electrons. The van der Waals surface area contributed by atoms with E-state index in [1.807, 2.05) is 13.2 Å². The molecule has 1 aliphatic rings. The van der Waals surface area contributed by atoms with Gasteiger partial charge in [0.15, 0.2) is 0 Å². The van der Waals surface area contributed by atoms with E-state index in [2.05, 4.69) is 39.4 Å². The van der Waals surface area contributed by atoms with Gasteiger partial charge in [-0.25, -0.2) is 4.98 Å². The lowest BCUT2D eigenvalue weighted by molar-refractivity contribution is 0.313. The summed E-state index contributed by atoms with van der Waals surface area (Å²) >= 11 is 0. The Morgan fingerprint density at radius 3 is 3.06 bits per heavy atom. The van der Waals surface area contributed by atoms with Gasteiger partial charge in [0.1, 0.15) is 5.82 Å². The second-order valence-corrected chi connectivity index (χ2v) is 4.77. The normalized spacial score (nSPS) is 21.2. The Kier molecular flexibility index (Phi) is 2.52. The molecule has 1 aliphatic heterocycles. The van der Waals surface area contributed by atoms with Crippen LogP contribution in [-0.4, -0.2) is 35.5 Å². The fourth-order valence-corrected chi connectivity index (χ4v) is 2.67. The summed E-state index contributed by atoms with van der Waals surface area (Å²) in [5, 5.41) is 4.26. The molecule has 2 aromatic heterocycles. The zero-order valence-electron chi connectivity index (χ0n) is 10.3. The molecule has 0 aliphatic carbocycles. The van der Waals surface area contributed by atoms with E-state index in [0.29, 0.717) is 6.04 Å². The van der Waals surface area contributed by atoms with Crippen LogP contribution < -0.4 is 5.32 Å². The number of aromatic nitrogens is 2. The van der Waals surface area contributed by atoms with Crippen LogP contribution >= 0.6 is 0 Å². The van der Waals surface area contributed by atoms with E-state index < -0.39 is 0 Å². The zero-order valence-corrected chi connectivity index (χ0v) is 10.3. The maximum absolute atomic E-state index is 4.34. The molecule has 1 saturated heterocycles. The Labute approximate surface area is 101 Å². The zero-order chi connectivity index (χ0) is 11.8. The molecular formula is C13H18N4. The lowest BCUT2D eigenvalue weighted by Crippen LogP contribution is -2.17. The number of anilines is 1. The Bertz CT molecular complexity index is 531. The predicted molar refractivity (Wildman–Crippen MR) is 70.2 cm³/mol. The monoisotopic (exact) mass is 230 g/mol. The first kappa shape index (κ1) is 10.6. The minimum absolute atomic E-state index is 0.542. The number of hydrogen-bond acceptors (Lipinski definition) is 3. The third-order valence-corrected chi connectivity index (χ3v) is 3.66. The van der Waals surface area contributed by atoms with Gasteiger partial charge in [0, 0.05) is 36.4 Å². The number of likely N-dealkylation sites (tertiary alicyclic amines) is 1. The molecule has 1 fully saturated rings. The highest BCUT2D eigenvalue weighted by molar-refractivity contribution is 5.81. The summed E-state index contributed by atoms with van der Waals surface area (Å²) in [6.07, 6.45) is 4.46. The third kappa shape index (κ3) is 1.78. The molecule has 0 bridgehead atoms. The lowest BCUT2D eigenvalue weighted by atomic mass is 10.1. The van der Waals surface area contributed by atoms with Crippen molar-refractivity contribution in [1.29, 1.82) is 0 Å². The largest absolute Gasteiger partial charge is 0.373 e. The smallest absolute Gasteiger partial charge is 0.127 e. The van der Waals surface area contributed by atoms with Gasteiger partial charge >= 0.3 is 0 Å². The Morgan fingerprint density at radius 2 is 2.35 bits per heavy atom. The molecule has 90 valence electrons. The van der Waals surface area contributed by atoms with Crippen LogP contribution in [0, 0.1) is 0 Å². The number of nitrogens with zero attached hydrogens (tertiary/aromatic N) is 2. The molecule has 4 nitrogen and oxygen atoms in total. The highest BCUT2D eigenvalue weighted by atomic mass is 15.2. The van der Waals surface area contributed by atoms with Gasteiger partial charge in [0.2, 0.25) is 0 Å². The summed E-state index contributed by atoms with van der Waals surface area (Å²) in [7, 11) is 4.09. The molecule has 0 saturated carbocycles. The molecule has 0 spiro atoms. The molecule has 2 aromatic rings. The van der Waals surface area contributed by atoms with Gasteiger partial charge in [-0.2, -0.15) is 0 Å². The molecule has 2 N–H and O–H groups in total. The number of aromatic amines is 1. The van der Waals surface area contributed by atoms with Crippen LogP contribution in [-0.2, 0) is 0 Å². The van der Waals surface area contributed by atoms with E-state index in [9.17, 15) is 0 Å². The van der Waals surface area contributed by atoms with Crippen molar-refractivity contribution in [3.63, 3.8) is 0 Å². The van der Waals surface area contributed by atoms with Crippen molar-refractivity contribution in [3.8, 4) is 0 Å². The second-order valence-electron chi connectivity index (χ2n) is 4.77. The molecule has 1 unspecified atom stereocenters. The fraction of sp³-hybridized carbons (Fsp3) is 0.462. The average Bonchev–Trinajstić information content (AvgIpc) is 2.93. The summed E-state index contributed by atoms with van der Waals surface area (Å²) in [5.74, 6) is 0.908. The molecule has 4 heteroatoms. The van der Waals surface area contributed by atoms with Gasteiger partial charge in [-0.15, -0.1) is 0 Å². The van der Waals surface area contributed by atoms with Crippen LogP contribution in [0.25, 0.3) is 10.9 Å². The van der Waals surface area contributed by atoms with Gasteiger partial charge in [-0.1, -0.05) is 0 Å². The van der Waals surface area contributed by atoms with Gasteiger partial charge in [-0.05, 0) is 32.5 Å². The van der Waals surface area contributed by atoms with Gasteiger partial charge in [0.05, 0.1) is 5.52 Å². The Hall–Kier alpha value is -1.55. The number of rotatable bonds is 2. The highest BCUT2D eigenvalue weighted by Crippen LogP contribution is 2.31. The SMILES string of the molecule is CNc1cc2[nH]c(C3CCCN3C)cc2cn1. The number of pyridine rings is 1. The molecule has 1 atom stereocenters. The summed E-state index contributed by atoms with van der Waals surface area (Å²) < 4.78 is 0. The fourth-order valence-electron chi connectivity index (χ4n) is 2.67. The van der Waals surface area contributed by atoms with Crippen molar-refractivity contribution in [2.24, 2.45) is 0 Å². The predicted octanol–water partition coefficient (Wildman–Crippen LogP) is 2.37. The highest BCUT2D eigenvalue weighted by Gasteiger charge is 2.23. The summed E-state index contributed by atoms with van der Waals surface area (Å²) in [6, 6.07) is 4.84. The van der Waals surface area contributed by atoms with Crippen molar-refractivity contribution < 1.29 is 0 Å². The van der Waals surface area contributed by atoms with Crippen molar-refractivity contribution in [2.45, 2.75) is 18.9 Å². The average molecular weight is 230 g/mol. The van der Waals surface area contributed by atoms with Crippen molar-refractivity contribution in [3.05, 3.63) is 24.0 Å². The van der Waals surface area contributed by atoms with E-state index >= 15 is 0 Å². The quantitative estimate of drug-likeness (QED) is 0.832. The Morgan fingerprint density at radius 1 is 1.47 bits per heavy atom. The summed E-state index contributed by atoms with van der Waals surface area (Å²) in [4.78, 5) is 10.3. The molecule has 3 rings (SSSR count). The van der Waals surface area contributed by atoms with Gasteiger partial charge < -0.3 is 10.3 Å². The van der Waals surface area contributed by atoms with E-state index in [4.69, 9.17) is 0 Å². The first-order valence-corrected chi connectivity index (χ1v) is 6.14. The Balaban J connectivity index is 2.01. The van der Waals surface area contributed by atoms with E-state index in [1.54, 1.807) is 0 Å². The topological polar surface area (TPSA) is 44.0 Å². The van der Waals surface area contributed by atoms with E-state index in [-0.39, 0.29) is 0 Å². The molecule has 0 amide bonds. The molecule has 3 heterocycles. The number of nitrogens with one attached hydrogen (secondary N) is 2. The minimum atomic E-state index is 0.542. The maximum Gasteiger partial charge on any atom is 0.127 e. The van der Waals surface area contributed by atoms with Crippen LogP contribution in [0.2, 0.25) is 0 Å². The second kappa shape index (κ2) is 4.04.